The van der Waals surface area contributed by atoms with E-state index >= 15 is 0 Å². The molecule has 2 heteroatoms. The van der Waals surface area contributed by atoms with Crippen LogP contribution in [0.5, 0.6) is 0 Å². The second-order valence-corrected chi connectivity index (χ2v) is 3.37. The normalized spacial score (nSPS) is 11.5. The summed E-state index contributed by atoms with van der Waals surface area (Å²) in [6.45, 7) is 7.69. The molecule has 0 bridgehead atoms. The molecule has 0 aliphatic carbocycles. The van der Waals surface area contributed by atoms with Crippen molar-refractivity contribution >= 4 is 5.69 Å². The van der Waals surface area contributed by atoms with E-state index in [1.807, 2.05) is 38.1 Å². The summed E-state index contributed by atoms with van der Waals surface area (Å²) < 4.78 is 0. The van der Waals surface area contributed by atoms with Crippen LogP contribution in [0.4, 0.5) is 5.69 Å². The second kappa shape index (κ2) is 4.48. The molecule has 1 aromatic carbocycles. The molecular formula is C12H14N2. The highest BCUT2D eigenvalue weighted by molar-refractivity contribution is 5.52. The molecule has 0 radical (unpaired) electrons. The molecule has 0 fully saturated rings. The van der Waals surface area contributed by atoms with E-state index in [2.05, 4.69) is 18.0 Å². The molecule has 0 spiro atoms. The molecule has 14 heavy (non-hydrogen) atoms. The Balaban J connectivity index is 2.93. The number of rotatable bonds is 3. The molecule has 0 heterocycles. The fourth-order valence-electron chi connectivity index (χ4n) is 1.25. The van der Waals surface area contributed by atoms with Crippen LogP contribution >= 0.6 is 0 Å². The Kier molecular flexibility index (Phi) is 3.30. The van der Waals surface area contributed by atoms with Gasteiger partial charge >= 0.3 is 0 Å². The first-order valence-electron chi connectivity index (χ1n) is 4.56. The topological polar surface area (TPSA) is 35.8 Å². The van der Waals surface area contributed by atoms with Crippen molar-refractivity contribution in [3.63, 3.8) is 0 Å². The highest BCUT2D eigenvalue weighted by atomic mass is 14.9. The molecule has 0 saturated carbocycles. The van der Waals surface area contributed by atoms with Crippen LogP contribution in [0.25, 0.3) is 0 Å². The van der Waals surface area contributed by atoms with E-state index in [1.165, 1.54) is 0 Å². The summed E-state index contributed by atoms with van der Waals surface area (Å²) in [5.41, 5.74) is 2.74. The predicted molar refractivity (Wildman–Crippen MR) is 59.2 cm³/mol. The van der Waals surface area contributed by atoms with Crippen molar-refractivity contribution < 1.29 is 0 Å². The van der Waals surface area contributed by atoms with Gasteiger partial charge in [-0.05, 0) is 37.6 Å². The van der Waals surface area contributed by atoms with E-state index in [9.17, 15) is 0 Å². The van der Waals surface area contributed by atoms with Gasteiger partial charge in [0, 0.05) is 11.7 Å². The molecule has 0 aliphatic heterocycles. The van der Waals surface area contributed by atoms with Gasteiger partial charge < -0.3 is 5.32 Å². The third-order valence-corrected chi connectivity index (χ3v) is 1.95. The summed E-state index contributed by atoms with van der Waals surface area (Å²) in [4.78, 5) is 0. The van der Waals surface area contributed by atoms with Crippen LogP contribution in [0.1, 0.15) is 18.1 Å². The quantitative estimate of drug-likeness (QED) is 0.737. The van der Waals surface area contributed by atoms with Crippen LogP contribution in [0.15, 0.2) is 30.9 Å². The first-order valence-corrected chi connectivity index (χ1v) is 4.56. The average Bonchev–Trinajstić information content (AvgIpc) is 2.16. The van der Waals surface area contributed by atoms with Gasteiger partial charge in [0.1, 0.15) is 0 Å². The number of nitrogens with one attached hydrogen (secondary N) is 1. The third-order valence-electron chi connectivity index (χ3n) is 1.95. The Labute approximate surface area is 84.9 Å². The first kappa shape index (κ1) is 10.3. The minimum Gasteiger partial charge on any atom is -0.379 e. The summed E-state index contributed by atoms with van der Waals surface area (Å²) >= 11 is 0. The molecular weight excluding hydrogens is 172 g/mol. The zero-order chi connectivity index (χ0) is 10.6. The van der Waals surface area contributed by atoms with Gasteiger partial charge in [-0.2, -0.15) is 5.26 Å². The summed E-state index contributed by atoms with van der Waals surface area (Å²) in [5.74, 6) is 0. The molecule has 0 saturated heterocycles. The Morgan fingerprint density at radius 3 is 2.79 bits per heavy atom. The number of aryl methyl sites for hydroxylation is 1. The largest absolute Gasteiger partial charge is 0.379 e. The van der Waals surface area contributed by atoms with Crippen LogP contribution in [-0.4, -0.2) is 6.04 Å². The van der Waals surface area contributed by atoms with Crippen molar-refractivity contribution in [3.8, 4) is 6.07 Å². The van der Waals surface area contributed by atoms with Gasteiger partial charge in [0.05, 0.1) is 11.6 Å². The zero-order valence-corrected chi connectivity index (χ0v) is 8.54. The molecule has 1 atom stereocenters. The maximum Gasteiger partial charge on any atom is 0.0992 e. The van der Waals surface area contributed by atoms with Gasteiger partial charge in [-0.1, -0.05) is 6.08 Å². The van der Waals surface area contributed by atoms with E-state index in [0.717, 1.165) is 11.3 Å². The summed E-state index contributed by atoms with van der Waals surface area (Å²) in [6, 6.07) is 8.06. The van der Waals surface area contributed by atoms with Crippen LogP contribution in [0, 0.1) is 18.3 Å². The van der Waals surface area contributed by atoms with Gasteiger partial charge in [-0.15, -0.1) is 6.58 Å². The maximum atomic E-state index is 8.78. The van der Waals surface area contributed by atoms with E-state index in [4.69, 9.17) is 5.26 Å². The Bertz CT molecular complexity index is 374. The molecule has 1 rings (SSSR count). The van der Waals surface area contributed by atoms with Gasteiger partial charge in [-0.3, -0.25) is 0 Å². The van der Waals surface area contributed by atoms with Crippen LogP contribution < -0.4 is 5.32 Å². The van der Waals surface area contributed by atoms with Gasteiger partial charge in [0.25, 0.3) is 0 Å². The number of nitrogens with zero attached hydrogens (tertiary/aromatic N) is 1. The van der Waals surface area contributed by atoms with E-state index in [0.29, 0.717) is 5.56 Å². The molecule has 0 aromatic heterocycles. The van der Waals surface area contributed by atoms with E-state index in [1.54, 1.807) is 0 Å². The Morgan fingerprint density at radius 2 is 2.21 bits per heavy atom. The smallest absolute Gasteiger partial charge is 0.0992 e. The van der Waals surface area contributed by atoms with Crippen molar-refractivity contribution in [2.45, 2.75) is 19.9 Å². The fourth-order valence-corrected chi connectivity index (χ4v) is 1.25. The Morgan fingerprint density at radius 1 is 1.50 bits per heavy atom. The summed E-state index contributed by atoms with van der Waals surface area (Å²) in [7, 11) is 0. The van der Waals surface area contributed by atoms with Crippen molar-refractivity contribution in [1.29, 1.82) is 5.26 Å². The van der Waals surface area contributed by atoms with Crippen molar-refractivity contribution in [3.05, 3.63) is 42.0 Å². The highest BCUT2D eigenvalue weighted by Crippen LogP contribution is 2.14. The number of hydrogen-bond acceptors (Lipinski definition) is 2. The van der Waals surface area contributed by atoms with Gasteiger partial charge in [0.15, 0.2) is 0 Å². The molecule has 0 aliphatic rings. The lowest BCUT2D eigenvalue weighted by Crippen LogP contribution is -2.11. The van der Waals surface area contributed by atoms with Crippen LogP contribution in [0.3, 0.4) is 0 Å². The third kappa shape index (κ3) is 2.63. The SMILES string of the molecule is C=CC(C)Nc1cc(C)cc(C#N)c1. The lowest BCUT2D eigenvalue weighted by atomic mass is 10.1. The number of hydrogen-bond donors (Lipinski definition) is 1. The number of nitriles is 1. The zero-order valence-electron chi connectivity index (χ0n) is 8.54. The monoisotopic (exact) mass is 186 g/mol. The molecule has 72 valence electrons. The minimum atomic E-state index is 0.211. The Hall–Kier alpha value is -1.75. The lowest BCUT2D eigenvalue weighted by Gasteiger charge is -2.11. The van der Waals surface area contributed by atoms with Crippen LogP contribution in [-0.2, 0) is 0 Å². The standard InChI is InChI=1S/C12H14N2/c1-4-10(3)14-12-6-9(2)5-11(7-12)8-13/h4-7,10,14H,1H2,2-3H3. The molecule has 1 aromatic rings. The van der Waals surface area contributed by atoms with Crippen molar-refractivity contribution in [2.24, 2.45) is 0 Å². The number of benzene rings is 1. The average molecular weight is 186 g/mol. The van der Waals surface area contributed by atoms with Crippen molar-refractivity contribution in [2.75, 3.05) is 5.32 Å². The first-order chi connectivity index (χ1) is 6.65. The second-order valence-electron chi connectivity index (χ2n) is 3.37. The highest BCUT2D eigenvalue weighted by Gasteiger charge is 1.99. The van der Waals surface area contributed by atoms with Crippen molar-refractivity contribution in [1.82, 2.24) is 0 Å². The number of anilines is 1. The summed E-state index contributed by atoms with van der Waals surface area (Å²) in [6.07, 6.45) is 1.83. The van der Waals surface area contributed by atoms with E-state index in [-0.39, 0.29) is 6.04 Å². The summed E-state index contributed by atoms with van der Waals surface area (Å²) in [5, 5.41) is 12.0. The lowest BCUT2D eigenvalue weighted by molar-refractivity contribution is 1.00. The molecule has 1 N–H and O–H groups in total. The maximum absolute atomic E-state index is 8.78. The fraction of sp³-hybridized carbons (Fsp3) is 0.250. The van der Waals surface area contributed by atoms with Crippen LogP contribution in [0.2, 0.25) is 0 Å². The minimum absolute atomic E-state index is 0.211. The van der Waals surface area contributed by atoms with E-state index < -0.39 is 0 Å². The predicted octanol–water partition coefficient (Wildman–Crippen LogP) is 2.85. The molecule has 1 unspecified atom stereocenters. The van der Waals surface area contributed by atoms with Gasteiger partial charge in [-0.25, -0.2) is 0 Å². The van der Waals surface area contributed by atoms with Gasteiger partial charge in [0.2, 0.25) is 0 Å². The molecule has 2 nitrogen and oxygen atoms in total. The molecule has 0 amide bonds.